The fourth-order valence-electron chi connectivity index (χ4n) is 5.32. The Morgan fingerprint density at radius 2 is 1.89 bits per heavy atom. The van der Waals surface area contributed by atoms with Crippen LogP contribution in [0.4, 0.5) is 16.0 Å². The van der Waals surface area contributed by atoms with Crippen molar-refractivity contribution in [3.8, 4) is 5.75 Å². The number of hydrogen-bond acceptors (Lipinski definition) is 8. The normalized spacial score (nSPS) is 19.8. The zero-order chi connectivity index (χ0) is 26.2. The van der Waals surface area contributed by atoms with Crippen LogP contribution in [0.5, 0.6) is 5.75 Å². The van der Waals surface area contributed by atoms with Gasteiger partial charge in [0.25, 0.3) is 5.91 Å². The summed E-state index contributed by atoms with van der Waals surface area (Å²) in [5.41, 5.74) is 1.93. The van der Waals surface area contributed by atoms with Gasteiger partial charge in [-0.15, -0.1) is 0 Å². The highest BCUT2D eigenvalue weighted by Crippen LogP contribution is 2.36. The highest BCUT2D eigenvalue weighted by molar-refractivity contribution is 5.99. The van der Waals surface area contributed by atoms with Crippen molar-refractivity contribution in [2.45, 2.75) is 19.6 Å². The lowest BCUT2D eigenvalue weighted by atomic mass is 10.0. The summed E-state index contributed by atoms with van der Waals surface area (Å²) >= 11 is 0. The first-order valence-corrected chi connectivity index (χ1v) is 13.0. The molecule has 3 aromatic rings. The monoisotopic (exact) mass is 523 g/mol. The van der Waals surface area contributed by atoms with Crippen molar-refractivity contribution < 1.29 is 27.8 Å². The highest BCUT2D eigenvalue weighted by atomic mass is 19.1. The number of fused-ring (bicyclic) bond motifs is 2. The number of carbonyl (C=O) groups is 1. The van der Waals surface area contributed by atoms with Gasteiger partial charge in [0.05, 0.1) is 43.5 Å². The number of morpholine rings is 2. The molecule has 1 aromatic heterocycles. The lowest BCUT2D eigenvalue weighted by Gasteiger charge is -2.33. The van der Waals surface area contributed by atoms with E-state index in [9.17, 15) is 14.0 Å². The van der Waals surface area contributed by atoms with Crippen LogP contribution in [-0.4, -0.2) is 76.1 Å². The molecule has 1 atom stereocenters. The van der Waals surface area contributed by atoms with Crippen LogP contribution in [0.25, 0.3) is 11.0 Å². The summed E-state index contributed by atoms with van der Waals surface area (Å²) in [5.74, 6) is 0.0894. The maximum absolute atomic E-state index is 14.5. The van der Waals surface area contributed by atoms with Crippen molar-refractivity contribution in [2.75, 3.05) is 69.0 Å². The number of nitrogens with zero attached hydrogens (tertiary/aromatic N) is 3. The molecule has 2 aromatic carbocycles. The van der Waals surface area contributed by atoms with E-state index in [1.165, 1.54) is 12.1 Å². The van der Waals surface area contributed by atoms with Gasteiger partial charge in [0.15, 0.2) is 22.9 Å². The number of halogens is 1. The molecule has 3 aliphatic heterocycles. The highest BCUT2D eigenvalue weighted by Gasteiger charge is 2.26. The molecular weight excluding hydrogens is 493 g/mol. The Balaban J connectivity index is 1.45. The topological polar surface area (TPSA) is 84.7 Å². The maximum atomic E-state index is 14.5. The van der Waals surface area contributed by atoms with Crippen LogP contribution in [0.1, 0.15) is 22.8 Å². The molecular formula is C28H30FN3O6. The number of carbonyl (C=O) groups excluding carboxylic acids is 1. The first kappa shape index (κ1) is 24.7. The molecule has 38 heavy (non-hydrogen) atoms. The Kier molecular flexibility index (Phi) is 6.67. The number of rotatable bonds is 4. The minimum atomic E-state index is -0.427. The molecule has 0 aliphatic carbocycles. The van der Waals surface area contributed by atoms with Crippen LogP contribution in [0.3, 0.4) is 0 Å². The Morgan fingerprint density at radius 3 is 2.71 bits per heavy atom. The second kappa shape index (κ2) is 10.3. The number of hydrogen-bond donors (Lipinski definition) is 0. The summed E-state index contributed by atoms with van der Waals surface area (Å²) in [7, 11) is 0. The van der Waals surface area contributed by atoms with E-state index in [0.29, 0.717) is 99.4 Å². The fraction of sp³-hybridized carbons (Fsp3) is 0.429. The molecule has 2 fully saturated rings. The van der Waals surface area contributed by atoms with Gasteiger partial charge in [-0.1, -0.05) is 6.07 Å². The minimum Gasteiger partial charge on any atom is -0.486 e. The van der Waals surface area contributed by atoms with Gasteiger partial charge in [-0.05, 0) is 31.2 Å². The molecule has 0 spiro atoms. The van der Waals surface area contributed by atoms with E-state index in [1.54, 1.807) is 29.2 Å². The molecule has 2 saturated heterocycles. The summed E-state index contributed by atoms with van der Waals surface area (Å²) in [4.78, 5) is 32.6. The summed E-state index contributed by atoms with van der Waals surface area (Å²) in [6.45, 7) is 6.82. The first-order valence-electron chi connectivity index (χ1n) is 13.0. The molecule has 3 aliphatic rings. The molecule has 0 saturated carbocycles. The van der Waals surface area contributed by atoms with Gasteiger partial charge in [0.2, 0.25) is 0 Å². The molecule has 0 bridgehead atoms. The fourth-order valence-corrected chi connectivity index (χ4v) is 5.32. The van der Waals surface area contributed by atoms with E-state index in [2.05, 4.69) is 0 Å². The quantitative estimate of drug-likeness (QED) is 0.516. The van der Waals surface area contributed by atoms with Crippen LogP contribution < -0.4 is 20.0 Å². The van der Waals surface area contributed by atoms with E-state index in [0.717, 1.165) is 0 Å². The SMILES string of the molecule is C[C@@H]1CN(c2cc(=O)c3cc(C(=O)N4CCOCC4)cc(CN4CCOc5c(F)cccc54)c3o2)CCO1. The number of para-hydroxylation sites is 1. The largest absolute Gasteiger partial charge is 0.486 e. The van der Waals surface area contributed by atoms with Crippen LogP contribution in [0, 0.1) is 5.82 Å². The van der Waals surface area contributed by atoms with Gasteiger partial charge in [0, 0.05) is 49.9 Å². The van der Waals surface area contributed by atoms with Crippen LogP contribution >= 0.6 is 0 Å². The van der Waals surface area contributed by atoms with Crippen molar-refractivity contribution >= 4 is 28.4 Å². The van der Waals surface area contributed by atoms with Gasteiger partial charge < -0.3 is 33.3 Å². The van der Waals surface area contributed by atoms with Gasteiger partial charge in [-0.3, -0.25) is 9.59 Å². The standard InChI is InChI=1S/C28H30FN3O6/c1-18-16-32(8-11-36-18)25-15-24(33)21-14-19(28(34)30-5-9-35-10-6-30)13-20(26(21)38-25)17-31-7-12-37-27-22(29)3-2-4-23(27)31/h2-4,13-15,18H,5-12,16-17H2,1H3/t18-/m1/s1. The molecule has 6 rings (SSSR count). The van der Waals surface area contributed by atoms with E-state index < -0.39 is 5.82 Å². The number of ether oxygens (including phenoxy) is 3. The molecule has 0 N–H and O–H groups in total. The van der Waals surface area contributed by atoms with Crippen molar-refractivity contribution in [1.82, 2.24) is 4.90 Å². The second-order valence-electron chi connectivity index (χ2n) is 9.85. The summed E-state index contributed by atoms with van der Waals surface area (Å²) < 4.78 is 37.5. The lowest BCUT2D eigenvalue weighted by Crippen LogP contribution is -2.41. The van der Waals surface area contributed by atoms with E-state index in [-0.39, 0.29) is 23.2 Å². The smallest absolute Gasteiger partial charge is 0.254 e. The Labute approximate surface area is 219 Å². The lowest BCUT2D eigenvalue weighted by molar-refractivity contribution is 0.0303. The minimum absolute atomic E-state index is 0.0116. The molecule has 1 amide bonds. The molecule has 0 unspecified atom stereocenters. The third-order valence-electron chi connectivity index (χ3n) is 7.25. The number of anilines is 2. The average molecular weight is 524 g/mol. The van der Waals surface area contributed by atoms with E-state index in [1.807, 2.05) is 16.7 Å². The second-order valence-corrected chi connectivity index (χ2v) is 9.85. The molecule has 200 valence electrons. The molecule has 10 heteroatoms. The van der Waals surface area contributed by atoms with Crippen molar-refractivity contribution in [3.63, 3.8) is 0 Å². The van der Waals surface area contributed by atoms with Crippen LogP contribution in [-0.2, 0) is 16.0 Å². The van der Waals surface area contributed by atoms with Crippen LogP contribution in [0.15, 0.2) is 45.6 Å². The Hall–Kier alpha value is -3.63. The molecule has 4 heterocycles. The number of amides is 1. The maximum Gasteiger partial charge on any atom is 0.254 e. The van der Waals surface area contributed by atoms with Gasteiger partial charge in [-0.25, -0.2) is 4.39 Å². The van der Waals surface area contributed by atoms with Gasteiger partial charge in [-0.2, -0.15) is 0 Å². The summed E-state index contributed by atoms with van der Waals surface area (Å²) in [6, 6.07) is 9.73. The Morgan fingerprint density at radius 1 is 1.05 bits per heavy atom. The molecule has 0 radical (unpaired) electrons. The van der Waals surface area contributed by atoms with Gasteiger partial charge >= 0.3 is 0 Å². The van der Waals surface area contributed by atoms with Gasteiger partial charge in [0.1, 0.15) is 12.2 Å². The zero-order valence-corrected chi connectivity index (χ0v) is 21.3. The average Bonchev–Trinajstić information content (AvgIpc) is 2.94. The third kappa shape index (κ3) is 4.69. The van der Waals surface area contributed by atoms with Crippen molar-refractivity contribution in [3.05, 3.63) is 63.6 Å². The number of benzene rings is 2. The first-order chi connectivity index (χ1) is 18.5. The van der Waals surface area contributed by atoms with Crippen molar-refractivity contribution in [2.24, 2.45) is 0 Å². The van der Waals surface area contributed by atoms with Crippen molar-refractivity contribution in [1.29, 1.82) is 0 Å². The predicted molar refractivity (Wildman–Crippen MR) is 140 cm³/mol. The Bertz CT molecular complexity index is 1420. The summed E-state index contributed by atoms with van der Waals surface area (Å²) in [5, 5.41) is 0.344. The zero-order valence-electron chi connectivity index (χ0n) is 21.3. The predicted octanol–water partition coefficient (Wildman–Crippen LogP) is 3.03. The van der Waals surface area contributed by atoms with Crippen LogP contribution in [0.2, 0.25) is 0 Å². The van der Waals surface area contributed by atoms with E-state index in [4.69, 9.17) is 18.6 Å². The molecule has 9 nitrogen and oxygen atoms in total. The van der Waals surface area contributed by atoms with E-state index >= 15 is 0 Å². The third-order valence-corrected chi connectivity index (χ3v) is 7.25. The summed E-state index contributed by atoms with van der Waals surface area (Å²) in [6.07, 6.45) is 0.0116.